The molecule has 4 amide bonds. The molecular weight excluding hydrogens is 542 g/mol. The van der Waals surface area contributed by atoms with Crippen LogP contribution in [0.2, 0.25) is 0 Å². The molecule has 220 valence electrons. The molecule has 0 bridgehead atoms. The molecule has 43 heavy (non-hydrogen) atoms. The number of carbonyl (C=O) groups excluding carboxylic acids is 4. The SMILES string of the molecule is O=C1c2cccc3cccc(c23)C(=O)N1CCNCCCNCCCNCCN1C(=O)c2cccc3cccc(c23)C1=O. The number of imide groups is 2. The van der Waals surface area contributed by atoms with Crippen LogP contribution in [0.15, 0.2) is 72.8 Å². The van der Waals surface area contributed by atoms with Gasteiger partial charge in [-0.05, 0) is 74.1 Å². The van der Waals surface area contributed by atoms with Crippen LogP contribution in [0.25, 0.3) is 21.5 Å². The average Bonchev–Trinajstić information content (AvgIpc) is 3.03. The predicted molar refractivity (Wildman–Crippen MR) is 166 cm³/mol. The molecule has 2 heterocycles. The van der Waals surface area contributed by atoms with Crippen LogP contribution in [-0.2, 0) is 0 Å². The second-order valence-electron chi connectivity index (χ2n) is 10.9. The van der Waals surface area contributed by atoms with E-state index >= 15 is 0 Å². The van der Waals surface area contributed by atoms with Gasteiger partial charge in [0.15, 0.2) is 0 Å². The molecule has 0 unspecified atom stereocenters. The van der Waals surface area contributed by atoms with Crippen LogP contribution < -0.4 is 16.0 Å². The monoisotopic (exact) mass is 577 g/mol. The van der Waals surface area contributed by atoms with Crippen molar-refractivity contribution in [3.05, 3.63) is 95.1 Å². The molecule has 0 aromatic heterocycles. The molecule has 0 saturated carbocycles. The maximum absolute atomic E-state index is 13.0. The van der Waals surface area contributed by atoms with E-state index in [9.17, 15) is 19.2 Å². The van der Waals surface area contributed by atoms with Gasteiger partial charge in [0, 0.05) is 59.2 Å². The van der Waals surface area contributed by atoms with Crippen molar-refractivity contribution < 1.29 is 19.2 Å². The Bertz CT molecular complexity index is 1490. The molecule has 4 aromatic carbocycles. The Hall–Kier alpha value is -4.44. The third-order valence-corrected chi connectivity index (χ3v) is 8.15. The van der Waals surface area contributed by atoms with Crippen molar-refractivity contribution in [2.75, 3.05) is 52.4 Å². The fraction of sp³-hybridized carbons (Fsp3) is 0.294. The Morgan fingerprint density at radius 1 is 0.419 bits per heavy atom. The molecule has 2 aliphatic rings. The molecule has 9 heteroatoms. The topological polar surface area (TPSA) is 111 Å². The van der Waals surface area contributed by atoms with Gasteiger partial charge in [-0.3, -0.25) is 29.0 Å². The fourth-order valence-corrected chi connectivity index (χ4v) is 6.00. The third-order valence-electron chi connectivity index (χ3n) is 8.15. The molecule has 0 atom stereocenters. The highest BCUT2D eigenvalue weighted by atomic mass is 16.2. The Morgan fingerprint density at radius 3 is 1.05 bits per heavy atom. The van der Waals surface area contributed by atoms with E-state index in [-0.39, 0.29) is 23.6 Å². The van der Waals surface area contributed by atoms with E-state index in [0.717, 1.165) is 60.6 Å². The second-order valence-corrected chi connectivity index (χ2v) is 10.9. The normalized spacial score (nSPS) is 14.4. The second kappa shape index (κ2) is 12.8. The quantitative estimate of drug-likeness (QED) is 0.156. The van der Waals surface area contributed by atoms with Crippen molar-refractivity contribution in [3.8, 4) is 0 Å². The Morgan fingerprint density at radius 2 is 0.721 bits per heavy atom. The minimum Gasteiger partial charge on any atom is -0.317 e. The van der Waals surface area contributed by atoms with Crippen LogP contribution in [0, 0.1) is 0 Å². The van der Waals surface area contributed by atoms with Crippen LogP contribution >= 0.6 is 0 Å². The number of rotatable bonds is 14. The molecule has 0 aliphatic carbocycles. The van der Waals surface area contributed by atoms with Gasteiger partial charge in [-0.15, -0.1) is 0 Å². The van der Waals surface area contributed by atoms with Crippen molar-refractivity contribution >= 4 is 45.2 Å². The zero-order valence-electron chi connectivity index (χ0n) is 24.0. The molecular formula is C34H35N5O4. The minimum absolute atomic E-state index is 0.233. The highest BCUT2D eigenvalue weighted by molar-refractivity contribution is 6.26. The summed E-state index contributed by atoms with van der Waals surface area (Å²) in [5.74, 6) is -0.932. The van der Waals surface area contributed by atoms with Crippen LogP contribution in [0.1, 0.15) is 54.3 Å². The van der Waals surface area contributed by atoms with Crippen molar-refractivity contribution in [2.45, 2.75) is 12.8 Å². The summed E-state index contributed by atoms with van der Waals surface area (Å²) in [7, 11) is 0. The Kier molecular flexibility index (Phi) is 8.55. The molecule has 2 aliphatic heterocycles. The van der Waals surface area contributed by atoms with Crippen LogP contribution in [0.4, 0.5) is 0 Å². The van der Waals surface area contributed by atoms with Crippen LogP contribution in [0.5, 0.6) is 0 Å². The number of amides is 4. The van der Waals surface area contributed by atoms with E-state index < -0.39 is 0 Å². The van der Waals surface area contributed by atoms with E-state index in [1.54, 1.807) is 24.3 Å². The number of nitrogens with one attached hydrogen (secondary N) is 3. The minimum atomic E-state index is -0.233. The summed E-state index contributed by atoms with van der Waals surface area (Å²) < 4.78 is 0. The number of hydrogen-bond acceptors (Lipinski definition) is 7. The molecule has 4 aromatic rings. The van der Waals surface area contributed by atoms with Gasteiger partial charge in [-0.2, -0.15) is 0 Å². The summed E-state index contributed by atoms with van der Waals surface area (Å²) in [4.78, 5) is 54.5. The largest absolute Gasteiger partial charge is 0.317 e. The Labute approximate surface area is 250 Å². The molecule has 0 radical (unpaired) electrons. The van der Waals surface area contributed by atoms with Crippen molar-refractivity contribution in [2.24, 2.45) is 0 Å². The smallest absolute Gasteiger partial charge is 0.261 e. The van der Waals surface area contributed by atoms with Crippen LogP contribution in [0.3, 0.4) is 0 Å². The first-order valence-electron chi connectivity index (χ1n) is 14.9. The summed E-state index contributed by atoms with van der Waals surface area (Å²) in [6, 6.07) is 22.3. The van der Waals surface area contributed by atoms with Gasteiger partial charge in [-0.25, -0.2) is 0 Å². The first kappa shape index (κ1) is 28.7. The molecule has 0 spiro atoms. The van der Waals surface area contributed by atoms with Crippen molar-refractivity contribution in [1.82, 2.24) is 25.8 Å². The van der Waals surface area contributed by atoms with E-state index in [1.165, 1.54) is 9.80 Å². The van der Waals surface area contributed by atoms with E-state index in [1.807, 2.05) is 48.5 Å². The lowest BCUT2D eigenvalue weighted by Crippen LogP contribution is -2.44. The fourth-order valence-electron chi connectivity index (χ4n) is 6.00. The van der Waals surface area contributed by atoms with E-state index in [0.29, 0.717) is 48.4 Å². The van der Waals surface area contributed by atoms with Gasteiger partial charge in [0.2, 0.25) is 0 Å². The lowest BCUT2D eigenvalue weighted by atomic mass is 9.94. The summed E-state index contributed by atoms with van der Waals surface area (Å²) in [6.45, 7) is 5.02. The van der Waals surface area contributed by atoms with Crippen LogP contribution in [-0.4, -0.2) is 85.8 Å². The maximum Gasteiger partial charge on any atom is 0.261 e. The first-order valence-corrected chi connectivity index (χ1v) is 14.9. The summed E-state index contributed by atoms with van der Waals surface area (Å²) in [5.41, 5.74) is 2.35. The lowest BCUT2D eigenvalue weighted by Gasteiger charge is -2.27. The third kappa shape index (κ3) is 5.67. The number of carbonyl (C=O) groups is 4. The van der Waals surface area contributed by atoms with Gasteiger partial charge >= 0.3 is 0 Å². The standard InChI is InChI=1S/C34H35N5O4/c40-31-25-11-1-7-23-8-2-12-26(29(23)25)32(41)38(31)21-19-36-17-5-15-35-16-6-18-37-20-22-39-33(42)27-13-3-9-24-10-4-14-28(30(24)27)34(39)43/h1-4,7-14,35-37H,5-6,15-22H2. The number of hydrogen-bond donors (Lipinski definition) is 3. The first-order chi connectivity index (χ1) is 21.1. The van der Waals surface area contributed by atoms with Crippen molar-refractivity contribution in [3.63, 3.8) is 0 Å². The van der Waals surface area contributed by atoms with Crippen molar-refractivity contribution in [1.29, 1.82) is 0 Å². The summed E-state index contributed by atoms with van der Waals surface area (Å²) in [5, 5.41) is 13.4. The molecule has 0 saturated heterocycles. The van der Waals surface area contributed by atoms with Gasteiger partial charge < -0.3 is 16.0 Å². The van der Waals surface area contributed by atoms with E-state index in [2.05, 4.69) is 16.0 Å². The zero-order valence-corrected chi connectivity index (χ0v) is 24.0. The molecule has 3 N–H and O–H groups in total. The van der Waals surface area contributed by atoms with Gasteiger partial charge in [-0.1, -0.05) is 48.5 Å². The zero-order chi connectivity index (χ0) is 29.8. The van der Waals surface area contributed by atoms with Gasteiger partial charge in [0.25, 0.3) is 23.6 Å². The van der Waals surface area contributed by atoms with E-state index in [4.69, 9.17) is 0 Å². The summed E-state index contributed by atoms with van der Waals surface area (Å²) >= 11 is 0. The molecule has 6 rings (SSSR count). The van der Waals surface area contributed by atoms with Gasteiger partial charge in [0.1, 0.15) is 0 Å². The maximum atomic E-state index is 13.0. The Balaban J connectivity index is 0.829. The highest BCUT2D eigenvalue weighted by Gasteiger charge is 2.33. The average molecular weight is 578 g/mol. The number of benzene rings is 4. The lowest BCUT2D eigenvalue weighted by molar-refractivity contribution is 0.0597. The number of nitrogens with zero attached hydrogens (tertiary/aromatic N) is 2. The molecule has 0 fully saturated rings. The highest BCUT2D eigenvalue weighted by Crippen LogP contribution is 2.31. The predicted octanol–water partition coefficient (Wildman–Crippen LogP) is 3.43. The molecule has 9 nitrogen and oxygen atoms in total. The summed E-state index contributed by atoms with van der Waals surface area (Å²) in [6.07, 6.45) is 1.84. The van der Waals surface area contributed by atoms with Gasteiger partial charge in [0.05, 0.1) is 0 Å².